The standard InChI is InChI=1S/C24H25F3N2O2S/c1-3-32(18-7-8-18)29-23(10-11-23)21-15(2)31-20-9-6-17(13-19(20)21)30-14-16-5-4-12-28-22(16)24(25,26)27/h3-6,9,12-13,18,29H,7-8,10-11,14H2,1-2H3. The van der Waals surface area contributed by atoms with Crippen LogP contribution in [0.2, 0.25) is 0 Å². The largest absolute Gasteiger partial charge is 0.489 e. The highest BCUT2D eigenvalue weighted by molar-refractivity contribution is 8.14. The lowest BCUT2D eigenvalue weighted by Crippen LogP contribution is -2.26. The second-order valence-electron chi connectivity index (χ2n) is 8.48. The number of halogens is 3. The van der Waals surface area contributed by atoms with Gasteiger partial charge in [0, 0.05) is 28.0 Å². The van der Waals surface area contributed by atoms with Crippen molar-refractivity contribution in [1.82, 2.24) is 9.71 Å². The molecule has 1 atom stereocenters. The lowest BCUT2D eigenvalue weighted by Gasteiger charge is -2.21. The Morgan fingerprint density at radius 3 is 2.72 bits per heavy atom. The number of hydrogen-bond donors (Lipinski definition) is 1. The summed E-state index contributed by atoms with van der Waals surface area (Å²) in [5, 5.41) is 3.97. The summed E-state index contributed by atoms with van der Waals surface area (Å²) < 4.78 is 55.4. The Balaban J connectivity index is 1.43. The van der Waals surface area contributed by atoms with E-state index in [0.29, 0.717) is 5.75 Å². The molecule has 2 aliphatic carbocycles. The van der Waals surface area contributed by atoms with Gasteiger partial charge in [0.15, 0.2) is 5.69 Å². The average Bonchev–Trinajstić information content (AvgIpc) is 3.68. The predicted molar refractivity (Wildman–Crippen MR) is 121 cm³/mol. The van der Waals surface area contributed by atoms with Crippen molar-refractivity contribution < 1.29 is 22.3 Å². The molecule has 2 aromatic heterocycles. The SMILES string of the molecule is C/C=S(/NC1(c2c(C)oc3ccc(OCc4cccnc4C(F)(F)F)cc23)CC1)C1CC1. The summed E-state index contributed by atoms with van der Waals surface area (Å²) in [4.78, 5) is 3.49. The van der Waals surface area contributed by atoms with Gasteiger partial charge in [-0.25, -0.2) is 0 Å². The van der Waals surface area contributed by atoms with E-state index in [9.17, 15) is 13.2 Å². The van der Waals surface area contributed by atoms with Gasteiger partial charge in [-0.3, -0.25) is 9.71 Å². The minimum absolute atomic E-state index is 0.0102. The van der Waals surface area contributed by atoms with Crippen molar-refractivity contribution >= 4 is 27.0 Å². The van der Waals surface area contributed by atoms with Gasteiger partial charge in [0.2, 0.25) is 0 Å². The van der Waals surface area contributed by atoms with Crippen LogP contribution in [0.25, 0.3) is 11.0 Å². The molecule has 5 rings (SSSR count). The van der Waals surface area contributed by atoms with Crippen LogP contribution in [0.1, 0.15) is 55.2 Å². The van der Waals surface area contributed by atoms with E-state index >= 15 is 0 Å². The smallest absolute Gasteiger partial charge is 0.433 e. The maximum atomic E-state index is 13.2. The lowest BCUT2D eigenvalue weighted by atomic mass is 10.0. The summed E-state index contributed by atoms with van der Waals surface area (Å²) in [7, 11) is 0.0789. The van der Waals surface area contributed by atoms with Crippen molar-refractivity contribution in [1.29, 1.82) is 0 Å². The predicted octanol–water partition coefficient (Wildman–Crippen LogP) is 6.48. The molecule has 2 fully saturated rings. The van der Waals surface area contributed by atoms with E-state index < -0.39 is 11.9 Å². The molecule has 1 unspecified atom stereocenters. The fraction of sp³-hybridized carbons (Fsp3) is 0.417. The summed E-state index contributed by atoms with van der Waals surface area (Å²) in [5.74, 6) is 1.39. The van der Waals surface area contributed by atoms with Gasteiger partial charge in [-0.05, 0) is 69.2 Å². The summed E-state index contributed by atoms with van der Waals surface area (Å²) in [6.45, 7) is 3.89. The number of alkyl halides is 3. The van der Waals surface area contributed by atoms with E-state index in [-0.39, 0.29) is 28.4 Å². The zero-order chi connectivity index (χ0) is 22.5. The molecule has 3 aromatic rings. The van der Waals surface area contributed by atoms with Gasteiger partial charge in [0.1, 0.15) is 23.7 Å². The molecule has 170 valence electrons. The van der Waals surface area contributed by atoms with E-state index in [1.807, 2.05) is 19.1 Å². The Hall–Kier alpha value is -2.32. The number of aromatic nitrogens is 1. The molecule has 0 aliphatic heterocycles. The third-order valence-corrected chi connectivity index (χ3v) is 8.39. The first kappa shape index (κ1) is 21.5. The van der Waals surface area contributed by atoms with Crippen LogP contribution in [0.3, 0.4) is 0 Å². The number of hydrogen-bond acceptors (Lipinski definition) is 4. The van der Waals surface area contributed by atoms with Gasteiger partial charge in [-0.2, -0.15) is 13.2 Å². The zero-order valence-corrected chi connectivity index (χ0v) is 18.8. The fourth-order valence-corrected chi connectivity index (χ4v) is 6.34. The molecule has 0 radical (unpaired) electrons. The normalized spacial score (nSPS) is 18.8. The summed E-state index contributed by atoms with van der Waals surface area (Å²) in [5.41, 5.74) is 0.914. The minimum Gasteiger partial charge on any atom is -0.489 e. The molecule has 2 saturated carbocycles. The molecule has 1 aromatic carbocycles. The Morgan fingerprint density at radius 1 is 1.28 bits per heavy atom. The molecular formula is C24H25F3N2O2S. The summed E-state index contributed by atoms with van der Waals surface area (Å²) in [6.07, 6.45) is 1.26. The van der Waals surface area contributed by atoms with Crippen molar-refractivity contribution in [2.24, 2.45) is 0 Å². The van der Waals surface area contributed by atoms with E-state index in [4.69, 9.17) is 9.15 Å². The monoisotopic (exact) mass is 462 g/mol. The van der Waals surface area contributed by atoms with Crippen molar-refractivity contribution in [2.75, 3.05) is 0 Å². The van der Waals surface area contributed by atoms with Crippen LogP contribution in [0.5, 0.6) is 5.75 Å². The van der Waals surface area contributed by atoms with Crippen molar-refractivity contribution in [3.63, 3.8) is 0 Å². The van der Waals surface area contributed by atoms with Crippen LogP contribution < -0.4 is 9.46 Å². The van der Waals surface area contributed by atoms with Gasteiger partial charge < -0.3 is 9.15 Å². The van der Waals surface area contributed by atoms with Crippen molar-refractivity contribution in [3.05, 3.63) is 59.1 Å². The number of furan rings is 1. The Bertz CT molecular complexity index is 1190. The van der Waals surface area contributed by atoms with E-state index in [1.165, 1.54) is 25.0 Å². The molecule has 4 nitrogen and oxygen atoms in total. The van der Waals surface area contributed by atoms with Gasteiger partial charge in [0.05, 0.1) is 5.54 Å². The Kier molecular flexibility index (Phi) is 5.33. The molecule has 8 heteroatoms. The Labute approximate surface area is 187 Å². The first-order valence-electron chi connectivity index (χ1n) is 10.8. The molecule has 32 heavy (non-hydrogen) atoms. The van der Waals surface area contributed by atoms with Crippen LogP contribution in [0.15, 0.2) is 40.9 Å². The van der Waals surface area contributed by atoms with Crippen molar-refractivity contribution in [3.8, 4) is 5.75 Å². The third-order valence-electron chi connectivity index (χ3n) is 6.07. The van der Waals surface area contributed by atoms with Crippen molar-refractivity contribution in [2.45, 2.75) is 63.1 Å². The molecule has 0 spiro atoms. The molecular weight excluding hydrogens is 437 g/mol. The van der Waals surface area contributed by atoms with Gasteiger partial charge in [-0.1, -0.05) is 6.07 Å². The fourth-order valence-electron chi connectivity index (χ4n) is 4.27. The molecule has 0 saturated heterocycles. The lowest BCUT2D eigenvalue weighted by molar-refractivity contribution is -0.142. The number of ether oxygens (including phenoxy) is 1. The maximum absolute atomic E-state index is 13.2. The second kappa shape index (κ2) is 7.92. The van der Waals surface area contributed by atoms with Gasteiger partial charge >= 0.3 is 6.18 Å². The number of fused-ring (bicyclic) bond motifs is 1. The number of pyridine rings is 1. The van der Waals surface area contributed by atoms with Crippen LogP contribution in [0.4, 0.5) is 13.2 Å². The van der Waals surface area contributed by atoms with E-state index in [1.54, 1.807) is 6.07 Å². The highest BCUT2D eigenvalue weighted by atomic mass is 32.2. The van der Waals surface area contributed by atoms with Crippen LogP contribution in [0, 0.1) is 6.92 Å². The topological polar surface area (TPSA) is 47.3 Å². The highest BCUT2D eigenvalue weighted by Gasteiger charge is 2.49. The van der Waals surface area contributed by atoms with E-state index in [0.717, 1.165) is 46.6 Å². The molecule has 1 N–H and O–H groups in total. The van der Waals surface area contributed by atoms with Crippen LogP contribution in [-0.2, 0) is 18.3 Å². The first-order chi connectivity index (χ1) is 15.3. The van der Waals surface area contributed by atoms with Gasteiger partial charge in [-0.15, -0.1) is 10.7 Å². The number of benzene rings is 1. The first-order valence-corrected chi connectivity index (χ1v) is 12.1. The maximum Gasteiger partial charge on any atom is 0.433 e. The third kappa shape index (κ3) is 4.06. The molecule has 2 heterocycles. The van der Waals surface area contributed by atoms with Gasteiger partial charge in [0.25, 0.3) is 0 Å². The number of nitrogens with one attached hydrogen (secondary N) is 1. The number of rotatable bonds is 7. The number of nitrogens with zero attached hydrogens (tertiary/aromatic N) is 1. The second-order valence-corrected chi connectivity index (χ2v) is 10.6. The zero-order valence-electron chi connectivity index (χ0n) is 18.0. The molecule has 0 bridgehead atoms. The highest BCUT2D eigenvalue weighted by Crippen LogP contribution is 2.54. The van der Waals surface area contributed by atoms with Crippen LogP contribution in [-0.4, -0.2) is 15.6 Å². The van der Waals surface area contributed by atoms with E-state index in [2.05, 4.69) is 22.0 Å². The molecule has 2 aliphatic rings. The molecule has 0 amide bonds. The average molecular weight is 463 g/mol. The summed E-state index contributed by atoms with van der Waals surface area (Å²) >= 11 is 0. The number of aryl methyl sites for hydroxylation is 1. The summed E-state index contributed by atoms with van der Waals surface area (Å²) in [6, 6.07) is 8.33. The minimum atomic E-state index is -4.52. The Morgan fingerprint density at radius 2 is 2.06 bits per heavy atom. The van der Waals surface area contributed by atoms with Crippen LogP contribution >= 0.6 is 10.7 Å². The quantitative estimate of drug-likeness (QED) is 0.408.